The van der Waals surface area contributed by atoms with Gasteiger partial charge in [0.1, 0.15) is 24.4 Å². The zero-order valence-electron chi connectivity index (χ0n) is 9.06. The molecule has 3 nitrogen and oxygen atoms in total. The van der Waals surface area contributed by atoms with E-state index in [9.17, 15) is 0 Å². The predicted molar refractivity (Wildman–Crippen MR) is 63.8 cm³/mol. The van der Waals surface area contributed by atoms with E-state index in [0.717, 1.165) is 22.8 Å². The summed E-state index contributed by atoms with van der Waals surface area (Å²) in [7, 11) is 0. The molecule has 1 unspecified atom stereocenters. The SMILES string of the molecule is ClC(c1ccc2c(c1)OCCO2)c1ccco1. The van der Waals surface area contributed by atoms with Gasteiger partial charge in [-0.1, -0.05) is 6.07 Å². The number of alkyl halides is 1. The van der Waals surface area contributed by atoms with Crippen molar-refractivity contribution < 1.29 is 13.9 Å². The fourth-order valence-corrected chi connectivity index (χ4v) is 2.08. The third-order valence-corrected chi connectivity index (χ3v) is 3.12. The van der Waals surface area contributed by atoms with Crippen LogP contribution in [0.25, 0.3) is 0 Å². The molecule has 2 aromatic rings. The molecule has 0 fully saturated rings. The monoisotopic (exact) mass is 250 g/mol. The molecule has 17 heavy (non-hydrogen) atoms. The molecule has 1 atom stereocenters. The molecule has 88 valence electrons. The Hall–Kier alpha value is -1.61. The molecule has 0 bridgehead atoms. The number of ether oxygens (including phenoxy) is 2. The lowest BCUT2D eigenvalue weighted by Crippen LogP contribution is -2.15. The van der Waals surface area contributed by atoms with E-state index >= 15 is 0 Å². The van der Waals surface area contributed by atoms with Crippen LogP contribution in [0.2, 0.25) is 0 Å². The van der Waals surface area contributed by atoms with Gasteiger partial charge in [-0.05, 0) is 29.8 Å². The van der Waals surface area contributed by atoms with E-state index in [2.05, 4.69) is 0 Å². The molecule has 1 aromatic heterocycles. The zero-order valence-corrected chi connectivity index (χ0v) is 9.81. The molecule has 1 aromatic carbocycles. The first-order chi connectivity index (χ1) is 8.34. The zero-order chi connectivity index (χ0) is 11.7. The highest BCUT2D eigenvalue weighted by molar-refractivity contribution is 6.22. The second-order valence-electron chi connectivity index (χ2n) is 3.78. The topological polar surface area (TPSA) is 31.6 Å². The highest BCUT2D eigenvalue weighted by atomic mass is 35.5. The van der Waals surface area contributed by atoms with Crippen molar-refractivity contribution in [3.8, 4) is 11.5 Å². The van der Waals surface area contributed by atoms with Crippen LogP contribution in [0.5, 0.6) is 11.5 Å². The molecule has 0 saturated carbocycles. The lowest BCUT2D eigenvalue weighted by molar-refractivity contribution is 0.171. The quantitative estimate of drug-likeness (QED) is 0.766. The van der Waals surface area contributed by atoms with Gasteiger partial charge in [-0.2, -0.15) is 0 Å². The maximum atomic E-state index is 6.33. The second kappa shape index (κ2) is 4.34. The molecular weight excluding hydrogens is 240 g/mol. The maximum absolute atomic E-state index is 6.33. The van der Waals surface area contributed by atoms with Crippen molar-refractivity contribution in [3.63, 3.8) is 0 Å². The summed E-state index contributed by atoms with van der Waals surface area (Å²) in [5.74, 6) is 2.23. The number of hydrogen-bond acceptors (Lipinski definition) is 3. The van der Waals surface area contributed by atoms with Crippen molar-refractivity contribution in [2.45, 2.75) is 5.38 Å². The van der Waals surface area contributed by atoms with Gasteiger partial charge in [0, 0.05) is 0 Å². The van der Waals surface area contributed by atoms with E-state index in [4.69, 9.17) is 25.5 Å². The Bertz CT molecular complexity index is 507. The highest BCUT2D eigenvalue weighted by Gasteiger charge is 2.18. The number of fused-ring (bicyclic) bond motifs is 1. The average molecular weight is 251 g/mol. The van der Waals surface area contributed by atoms with Crippen LogP contribution in [0.15, 0.2) is 41.0 Å². The molecule has 0 aliphatic carbocycles. The van der Waals surface area contributed by atoms with Gasteiger partial charge < -0.3 is 13.9 Å². The summed E-state index contributed by atoms with van der Waals surface area (Å²) in [5, 5.41) is -0.305. The van der Waals surface area contributed by atoms with Gasteiger partial charge in [-0.25, -0.2) is 0 Å². The summed E-state index contributed by atoms with van der Waals surface area (Å²) in [6.07, 6.45) is 1.61. The fourth-order valence-electron chi connectivity index (χ4n) is 1.82. The fraction of sp³-hybridized carbons (Fsp3) is 0.231. The Morgan fingerprint density at radius 3 is 2.65 bits per heavy atom. The number of halogens is 1. The van der Waals surface area contributed by atoms with Crippen LogP contribution in [0, 0.1) is 0 Å². The minimum Gasteiger partial charge on any atom is -0.486 e. The van der Waals surface area contributed by atoms with Crippen LogP contribution in [0.3, 0.4) is 0 Å². The predicted octanol–water partition coefficient (Wildman–Crippen LogP) is 3.38. The number of hydrogen-bond donors (Lipinski definition) is 0. The molecule has 2 heterocycles. The Morgan fingerprint density at radius 2 is 1.88 bits per heavy atom. The third kappa shape index (κ3) is 1.98. The minimum atomic E-state index is -0.305. The molecule has 0 N–H and O–H groups in total. The summed E-state index contributed by atoms with van der Waals surface area (Å²) >= 11 is 6.33. The lowest BCUT2D eigenvalue weighted by atomic mass is 10.1. The van der Waals surface area contributed by atoms with Gasteiger partial charge in [0.25, 0.3) is 0 Å². The van der Waals surface area contributed by atoms with Gasteiger partial charge in [-0.15, -0.1) is 11.6 Å². The first-order valence-corrected chi connectivity index (χ1v) is 5.85. The molecule has 3 rings (SSSR count). The maximum Gasteiger partial charge on any atom is 0.161 e. The van der Waals surface area contributed by atoms with Crippen LogP contribution in [-0.4, -0.2) is 13.2 Å². The standard InChI is InChI=1S/C13H11ClO3/c14-13(11-2-1-5-15-11)9-3-4-10-12(8-9)17-7-6-16-10/h1-5,8,13H,6-7H2. The Kier molecular flexibility index (Phi) is 2.69. The summed E-state index contributed by atoms with van der Waals surface area (Å²) in [6, 6.07) is 9.38. The molecule has 1 aliphatic rings. The first kappa shape index (κ1) is 10.5. The van der Waals surface area contributed by atoms with E-state index in [0.29, 0.717) is 13.2 Å². The van der Waals surface area contributed by atoms with Crippen molar-refractivity contribution in [2.75, 3.05) is 13.2 Å². The second-order valence-corrected chi connectivity index (χ2v) is 4.22. The smallest absolute Gasteiger partial charge is 0.161 e. The summed E-state index contributed by atoms with van der Waals surface area (Å²) in [6.45, 7) is 1.17. The van der Waals surface area contributed by atoms with Crippen molar-refractivity contribution in [2.24, 2.45) is 0 Å². The number of furan rings is 1. The van der Waals surface area contributed by atoms with E-state index in [-0.39, 0.29) is 5.38 Å². The van der Waals surface area contributed by atoms with Gasteiger partial charge >= 0.3 is 0 Å². The largest absolute Gasteiger partial charge is 0.486 e. The van der Waals surface area contributed by atoms with Crippen LogP contribution >= 0.6 is 11.6 Å². The minimum absolute atomic E-state index is 0.305. The van der Waals surface area contributed by atoms with Gasteiger partial charge in [0.15, 0.2) is 11.5 Å². The normalized spacial score (nSPS) is 15.6. The van der Waals surface area contributed by atoms with E-state index in [1.165, 1.54) is 0 Å². The molecule has 0 saturated heterocycles. The van der Waals surface area contributed by atoms with E-state index in [1.54, 1.807) is 6.26 Å². The average Bonchev–Trinajstić information content (AvgIpc) is 2.91. The van der Waals surface area contributed by atoms with Crippen LogP contribution < -0.4 is 9.47 Å². The van der Waals surface area contributed by atoms with E-state index in [1.807, 2.05) is 30.3 Å². The molecule has 4 heteroatoms. The van der Waals surface area contributed by atoms with Gasteiger partial charge in [-0.3, -0.25) is 0 Å². The van der Waals surface area contributed by atoms with Crippen LogP contribution in [0.1, 0.15) is 16.7 Å². The van der Waals surface area contributed by atoms with Gasteiger partial charge in [0.05, 0.1) is 6.26 Å². The van der Waals surface area contributed by atoms with Crippen LogP contribution in [0.4, 0.5) is 0 Å². The van der Waals surface area contributed by atoms with Crippen molar-refractivity contribution >= 4 is 11.6 Å². The molecule has 1 aliphatic heterocycles. The molecule has 0 spiro atoms. The van der Waals surface area contributed by atoms with Crippen LogP contribution in [-0.2, 0) is 0 Å². The summed E-state index contributed by atoms with van der Waals surface area (Å²) in [5.41, 5.74) is 0.936. The highest BCUT2D eigenvalue weighted by Crippen LogP contribution is 2.36. The Morgan fingerprint density at radius 1 is 1.06 bits per heavy atom. The summed E-state index contributed by atoms with van der Waals surface area (Å²) < 4.78 is 16.3. The van der Waals surface area contributed by atoms with E-state index < -0.39 is 0 Å². The number of benzene rings is 1. The van der Waals surface area contributed by atoms with Crippen molar-refractivity contribution in [3.05, 3.63) is 47.9 Å². The number of rotatable bonds is 2. The Labute approximate surface area is 104 Å². The molecular formula is C13H11ClO3. The summed E-state index contributed by atoms with van der Waals surface area (Å²) in [4.78, 5) is 0. The first-order valence-electron chi connectivity index (χ1n) is 5.41. The lowest BCUT2D eigenvalue weighted by Gasteiger charge is -2.19. The van der Waals surface area contributed by atoms with Gasteiger partial charge in [0.2, 0.25) is 0 Å². The molecule has 0 amide bonds. The Balaban J connectivity index is 1.93. The van der Waals surface area contributed by atoms with Crippen molar-refractivity contribution in [1.82, 2.24) is 0 Å². The third-order valence-electron chi connectivity index (χ3n) is 2.65. The van der Waals surface area contributed by atoms with Crippen molar-refractivity contribution in [1.29, 1.82) is 0 Å². The molecule has 0 radical (unpaired) electrons.